The normalized spacial score (nSPS) is 11.4. The Morgan fingerprint density at radius 3 is 2.38 bits per heavy atom. The molecule has 6 nitrogen and oxygen atoms in total. The molecule has 0 fully saturated rings. The summed E-state index contributed by atoms with van der Waals surface area (Å²) in [5, 5.41) is 13.7. The highest BCUT2D eigenvalue weighted by Gasteiger charge is 2.18. The molecule has 6 heteroatoms. The van der Waals surface area contributed by atoms with Crippen LogP contribution < -0.4 is 10.6 Å². The smallest absolute Gasteiger partial charge is 0.257 e. The van der Waals surface area contributed by atoms with Crippen molar-refractivity contribution in [3.8, 4) is 0 Å². The zero-order chi connectivity index (χ0) is 22.9. The lowest BCUT2D eigenvalue weighted by atomic mass is 9.86. The third-order valence-corrected chi connectivity index (χ3v) is 5.47. The first-order valence-electron chi connectivity index (χ1n) is 10.5. The van der Waals surface area contributed by atoms with Crippen LogP contribution in [0.2, 0.25) is 0 Å². The van der Waals surface area contributed by atoms with Gasteiger partial charge in [-0.2, -0.15) is 5.10 Å². The third kappa shape index (κ3) is 4.39. The molecule has 0 aliphatic carbocycles. The quantitative estimate of drug-likeness (QED) is 0.393. The number of fused-ring (bicyclic) bond motifs is 1. The minimum atomic E-state index is -0.300. The number of hydrogen-bond acceptors (Lipinski definition) is 3. The number of benzene rings is 3. The van der Waals surface area contributed by atoms with Crippen LogP contribution >= 0.6 is 0 Å². The Balaban J connectivity index is 1.57. The maximum Gasteiger partial charge on any atom is 0.257 e. The Morgan fingerprint density at radius 1 is 0.906 bits per heavy atom. The van der Waals surface area contributed by atoms with E-state index in [2.05, 4.69) is 41.6 Å². The van der Waals surface area contributed by atoms with Crippen LogP contribution in [0, 0.1) is 6.92 Å². The molecule has 0 aliphatic heterocycles. The van der Waals surface area contributed by atoms with E-state index < -0.39 is 0 Å². The van der Waals surface area contributed by atoms with Crippen molar-refractivity contribution in [3.05, 3.63) is 89.1 Å². The number of carbonyl (C=O) groups excluding carboxylic acids is 2. The first kappa shape index (κ1) is 21.3. The summed E-state index contributed by atoms with van der Waals surface area (Å²) in [6, 6.07) is 18.5. The van der Waals surface area contributed by atoms with Crippen LogP contribution in [0.5, 0.6) is 0 Å². The fraction of sp³-hybridized carbons (Fsp3) is 0.192. The van der Waals surface area contributed by atoms with Crippen LogP contribution in [0.25, 0.3) is 10.9 Å². The van der Waals surface area contributed by atoms with Crippen molar-refractivity contribution in [1.82, 2.24) is 10.2 Å². The van der Waals surface area contributed by atoms with E-state index in [0.29, 0.717) is 22.5 Å². The Labute approximate surface area is 187 Å². The lowest BCUT2D eigenvalue weighted by Gasteiger charge is -2.19. The van der Waals surface area contributed by atoms with Gasteiger partial charge in [-0.15, -0.1) is 0 Å². The second-order valence-electron chi connectivity index (χ2n) is 8.91. The maximum absolute atomic E-state index is 13.0. The van der Waals surface area contributed by atoms with Crippen LogP contribution in [0.3, 0.4) is 0 Å². The molecule has 32 heavy (non-hydrogen) atoms. The standard InChI is InChI=1S/C26H26N4O2/c1-16-6-5-7-21(25(32)28-20-13-10-18-15-27-30-22(18)14-20)23(16)29-24(31)17-8-11-19(12-9-17)26(2,3)4/h5-15H,1-4H3,(H,27,30)(H,28,32)(H,29,31). The Bertz CT molecular complexity index is 1300. The summed E-state index contributed by atoms with van der Waals surface area (Å²) in [7, 11) is 0. The predicted molar refractivity (Wildman–Crippen MR) is 128 cm³/mol. The van der Waals surface area contributed by atoms with Crippen LogP contribution in [-0.2, 0) is 5.41 Å². The highest BCUT2D eigenvalue weighted by Crippen LogP contribution is 2.25. The van der Waals surface area contributed by atoms with Crippen LogP contribution in [0.1, 0.15) is 52.6 Å². The van der Waals surface area contributed by atoms with Crippen molar-refractivity contribution >= 4 is 34.1 Å². The number of hydrogen-bond donors (Lipinski definition) is 3. The monoisotopic (exact) mass is 426 g/mol. The van der Waals surface area contributed by atoms with Crippen molar-refractivity contribution in [3.63, 3.8) is 0 Å². The SMILES string of the molecule is Cc1cccc(C(=O)Nc2ccc3cn[nH]c3c2)c1NC(=O)c1ccc(C(C)(C)C)cc1. The third-order valence-electron chi connectivity index (χ3n) is 5.47. The summed E-state index contributed by atoms with van der Waals surface area (Å²) >= 11 is 0. The molecule has 0 radical (unpaired) electrons. The topological polar surface area (TPSA) is 86.9 Å². The summed E-state index contributed by atoms with van der Waals surface area (Å²) in [6.45, 7) is 8.25. The first-order chi connectivity index (χ1) is 15.2. The van der Waals surface area contributed by atoms with Gasteiger partial charge in [-0.25, -0.2) is 0 Å². The van der Waals surface area contributed by atoms with Gasteiger partial charge < -0.3 is 10.6 Å². The Kier molecular flexibility index (Phi) is 5.53. The number of para-hydroxylation sites is 1. The molecule has 0 saturated carbocycles. The predicted octanol–water partition coefficient (Wildman–Crippen LogP) is 5.67. The van der Waals surface area contributed by atoms with Crippen molar-refractivity contribution in [1.29, 1.82) is 0 Å². The molecule has 0 atom stereocenters. The van der Waals surface area contributed by atoms with Gasteiger partial charge in [0, 0.05) is 16.6 Å². The number of nitrogens with one attached hydrogen (secondary N) is 3. The van der Waals surface area contributed by atoms with Gasteiger partial charge in [0.15, 0.2) is 0 Å². The molecule has 2 amide bonds. The minimum absolute atomic E-state index is 0.00941. The summed E-state index contributed by atoms with van der Waals surface area (Å²) in [4.78, 5) is 26.0. The van der Waals surface area contributed by atoms with Gasteiger partial charge in [-0.1, -0.05) is 45.0 Å². The molecular formula is C26H26N4O2. The van der Waals surface area contributed by atoms with Gasteiger partial charge in [0.2, 0.25) is 0 Å². The van der Waals surface area contributed by atoms with E-state index in [4.69, 9.17) is 0 Å². The highest BCUT2D eigenvalue weighted by atomic mass is 16.2. The maximum atomic E-state index is 13.0. The molecule has 0 bridgehead atoms. The van der Waals surface area contributed by atoms with Crippen molar-refractivity contribution in [2.45, 2.75) is 33.1 Å². The van der Waals surface area contributed by atoms with Crippen LogP contribution in [0.15, 0.2) is 66.9 Å². The summed E-state index contributed by atoms with van der Waals surface area (Å²) < 4.78 is 0. The number of anilines is 2. The van der Waals surface area contributed by atoms with Gasteiger partial charge in [0.05, 0.1) is 23.0 Å². The second-order valence-corrected chi connectivity index (χ2v) is 8.91. The van der Waals surface area contributed by atoms with Gasteiger partial charge >= 0.3 is 0 Å². The van der Waals surface area contributed by atoms with E-state index in [1.807, 2.05) is 55.5 Å². The number of rotatable bonds is 4. The molecule has 4 aromatic rings. The molecule has 0 aliphatic rings. The van der Waals surface area contributed by atoms with E-state index >= 15 is 0 Å². The molecular weight excluding hydrogens is 400 g/mol. The average molecular weight is 427 g/mol. The molecule has 1 heterocycles. The van der Waals surface area contributed by atoms with Gasteiger partial charge in [0.1, 0.15) is 0 Å². The Morgan fingerprint density at radius 2 is 1.66 bits per heavy atom. The van der Waals surface area contributed by atoms with Crippen molar-refractivity contribution < 1.29 is 9.59 Å². The number of aromatic nitrogens is 2. The molecule has 162 valence electrons. The molecule has 3 aromatic carbocycles. The number of aromatic amines is 1. The Hall–Kier alpha value is -3.93. The zero-order valence-electron chi connectivity index (χ0n) is 18.6. The van der Waals surface area contributed by atoms with Crippen LogP contribution in [-0.4, -0.2) is 22.0 Å². The van der Waals surface area contributed by atoms with E-state index in [-0.39, 0.29) is 17.2 Å². The van der Waals surface area contributed by atoms with E-state index in [9.17, 15) is 9.59 Å². The van der Waals surface area contributed by atoms with Crippen molar-refractivity contribution in [2.75, 3.05) is 10.6 Å². The summed E-state index contributed by atoms with van der Waals surface area (Å²) in [5.74, 6) is -0.557. The van der Waals surface area contributed by atoms with Gasteiger partial charge in [-0.05, 0) is 59.9 Å². The molecule has 3 N–H and O–H groups in total. The molecule has 0 spiro atoms. The molecule has 0 unspecified atom stereocenters. The minimum Gasteiger partial charge on any atom is -0.322 e. The number of aryl methyl sites for hydroxylation is 1. The van der Waals surface area contributed by atoms with Gasteiger partial charge in [0.25, 0.3) is 11.8 Å². The molecule has 4 rings (SSSR count). The summed E-state index contributed by atoms with van der Waals surface area (Å²) in [6.07, 6.45) is 1.73. The molecule has 0 saturated heterocycles. The van der Waals surface area contributed by atoms with E-state index in [0.717, 1.165) is 22.0 Å². The zero-order valence-corrected chi connectivity index (χ0v) is 18.6. The van der Waals surface area contributed by atoms with E-state index in [1.165, 1.54) is 0 Å². The fourth-order valence-corrected chi connectivity index (χ4v) is 3.54. The lowest BCUT2D eigenvalue weighted by Crippen LogP contribution is -2.19. The first-order valence-corrected chi connectivity index (χ1v) is 10.5. The largest absolute Gasteiger partial charge is 0.322 e. The number of amides is 2. The number of H-pyrrole nitrogens is 1. The van der Waals surface area contributed by atoms with E-state index in [1.54, 1.807) is 18.3 Å². The summed E-state index contributed by atoms with van der Waals surface area (Å²) in [5.41, 5.74) is 4.88. The number of carbonyl (C=O) groups is 2. The van der Waals surface area contributed by atoms with Gasteiger partial charge in [-0.3, -0.25) is 14.7 Å². The fourth-order valence-electron chi connectivity index (χ4n) is 3.54. The average Bonchev–Trinajstić information content (AvgIpc) is 3.22. The lowest BCUT2D eigenvalue weighted by molar-refractivity contribution is 0.102. The highest BCUT2D eigenvalue weighted by molar-refractivity contribution is 6.13. The second kappa shape index (κ2) is 8.30. The number of nitrogens with zero attached hydrogens (tertiary/aromatic N) is 1. The van der Waals surface area contributed by atoms with Crippen LogP contribution in [0.4, 0.5) is 11.4 Å². The van der Waals surface area contributed by atoms with Crippen molar-refractivity contribution in [2.24, 2.45) is 0 Å². The molecule has 1 aromatic heterocycles.